The molecule has 0 spiro atoms. The molecule has 1 aromatic rings. The number of nitrogens with two attached hydrogens (primary N) is 1. The predicted octanol–water partition coefficient (Wildman–Crippen LogP) is 1.97. The second-order valence-corrected chi connectivity index (χ2v) is 4.89. The minimum Gasteiger partial charge on any atom is -0.381 e. The monoisotopic (exact) mass is 227 g/mol. The van der Waals surface area contributed by atoms with Gasteiger partial charge in [0.15, 0.2) is 5.82 Å². The first-order valence-electron chi connectivity index (χ1n) is 4.79. The first kappa shape index (κ1) is 12.3. The van der Waals surface area contributed by atoms with E-state index >= 15 is 0 Å². The molecule has 0 saturated heterocycles. The molecule has 0 saturated carbocycles. The van der Waals surface area contributed by atoms with Gasteiger partial charge in [-0.1, -0.05) is 0 Å². The molecule has 0 bridgehead atoms. The van der Waals surface area contributed by atoms with Gasteiger partial charge in [-0.05, 0) is 20.3 Å². The SMILES string of the molecule is COC(C)(C)CCSc1nccnc1N. The van der Waals surface area contributed by atoms with Crippen molar-refractivity contribution in [2.24, 2.45) is 0 Å². The van der Waals surface area contributed by atoms with Crippen molar-refractivity contribution in [3.63, 3.8) is 0 Å². The zero-order valence-corrected chi connectivity index (χ0v) is 10.2. The average molecular weight is 227 g/mol. The van der Waals surface area contributed by atoms with Gasteiger partial charge in [0.1, 0.15) is 5.03 Å². The van der Waals surface area contributed by atoms with Crippen LogP contribution in [0, 0.1) is 0 Å². The zero-order valence-electron chi connectivity index (χ0n) is 9.36. The van der Waals surface area contributed by atoms with Gasteiger partial charge >= 0.3 is 0 Å². The summed E-state index contributed by atoms with van der Waals surface area (Å²) in [6.45, 7) is 4.13. The second kappa shape index (κ2) is 5.32. The van der Waals surface area contributed by atoms with E-state index in [4.69, 9.17) is 10.5 Å². The topological polar surface area (TPSA) is 61.0 Å². The van der Waals surface area contributed by atoms with Crippen LogP contribution in [0.25, 0.3) is 0 Å². The first-order valence-corrected chi connectivity index (χ1v) is 5.78. The normalized spacial score (nSPS) is 11.7. The van der Waals surface area contributed by atoms with E-state index in [-0.39, 0.29) is 5.60 Å². The van der Waals surface area contributed by atoms with Crippen molar-refractivity contribution in [2.75, 3.05) is 18.6 Å². The van der Waals surface area contributed by atoms with E-state index in [0.29, 0.717) is 5.82 Å². The van der Waals surface area contributed by atoms with E-state index in [9.17, 15) is 0 Å². The van der Waals surface area contributed by atoms with Crippen LogP contribution in [0.15, 0.2) is 17.4 Å². The summed E-state index contributed by atoms with van der Waals surface area (Å²) in [5, 5.41) is 0.796. The quantitative estimate of drug-likeness (QED) is 0.779. The molecule has 1 heterocycles. The molecule has 0 fully saturated rings. The van der Waals surface area contributed by atoms with Crippen LogP contribution in [-0.2, 0) is 4.74 Å². The van der Waals surface area contributed by atoms with Crippen LogP contribution in [-0.4, -0.2) is 28.4 Å². The molecule has 0 radical (unpaired) electrons. The first-order chi connectivity index (χ1) is 7.05. The number of thioether (sulfide) groups is 1. The minimum absolute atomic E-state index is 0.0933. The highest BCUT2D eigenvalue weighted by atomic mass is 32.2. The number of hydrogen-bond donors (Lipinski definition) is 1. The highest BCUT2D eigenvalue weighted by molar-refractivity contribution is 7.99. The molecule has 5 heteroatoms. The molecule has 15 heavy (non-hydrogen) atoms. The number of hydrogen-bond acceptors (Lipinski definition) is 5. The molecule has 2 N–H and O–H groups in total. The summed E-state index contributed by atoms with van der Waals surface area (Å²) in [5.41, 5.74) is 5.58. The molecular weight excluding hydrogens is 210 g/mol. The van der Waals surface area contributed by atoms with E-state index in [1.807, 2.05) is 0 Å². The molecule has 0 aliphatic heterocycles. The predicted molar refractivity (Wildman–Crippen MR) is 62.9 cm³/mol. The smallest absolute Gasteiger partial charge is 0.156 e. The lowest BCUT2D eigenvalue weighted by molar-refractivity contribution is 0.0206. The summed E-state index contributed by atoms with van der Waals surface area (Å²) in [7, 11) is 1.72. The lowest BCUT2D eigenvalue weighted by Crippen LogP contribution is -2.23. The molecular formula is C10H17N3OS. The highest BCUT2D eigenvalue weighted by Gasteiger charge is 2.16. The number of nitrogen functional groups attached to an aromatic ring is 1. The molecule has 1 aromatic heterocycles. The Kier molecular flexibility index (Phi) is 4.35. The van der Waals surface area contributed by atoms with Gasteiger partial charge in [0, 0.05) is 25.3 Å². The van der Waals surface area contributed by atoms with Crippen LogP contribution in [0.2, 0.25) is 0 Å². The van der Waals surface area contributed by atoms with Gasteiger partial charge in [-0.15, -0.1) is 11.8 Å². The lowest BCUT2D eigenvalue weighted by atomic mass is 10.1. The van der Waals surface area contributed by atoms with Crippen LogP contribution in [0.5, 0.6) is 0 Å². The van der Waals surface area contributed by atoms with E-state index in [1.165, 1.54) is 0 Å². The van der Waals surface area contributed by atoms with Crippen LogP contribution in [0.4, 0.5) is 5.82 Å². The van der Waals surface area contributed by atoms with Gasteiger partial charge in [0.25, 0.3) is 0 Å². The molecule has 0 aliphatic rings. The second-order valence-electron chi connectivity index (χ2n) is 3.81. The summed E-state index contributed by atoms with van der Waals surface area (Å²) in [6.07, 6.45) is 4.20. The van der Waals surface area contributed by atoms with Crippen molar-refractivity contribution in [2.45, 2.75) is 30.9 Å². The molecule has 0 aromatic carbocycles. The number of ether oxygens (including phenoxy) is 1. The number of methoxy groups -OCH3 is 1. The Morgan fingerprint density at radius 2 is 2.07 bits per heavy atom. The van der Waals surface area contributed by atoms with Crippen molar-refractivity contribution < 1.29 is 4.74 Å². The molecule has 0 unspecified atom stereocenters. The van der Waals surface area contributed by atoms with Crippen molar-refractivity contribution >= 4 is 17.6 Å². The van der Waals surface area contributed by atoms with Crippen molar-refractivity contribution in [1.29, 1.82) is 0 Å². The third kappa shape index (κ3) is 4.05. The Balaban J connectivity index is 2.42. The molecule has 84 valence electrons. The van der Waals surface area contributed by atoms with Gasteiger partial charge < -0.3 is 10.5 Å². The Hall–Kier alpha value is -0.810. The largest absolute Gasteiger partial charge is 0.381 e. The van der Waals surface area contributed by atoms with Crippen molar-refractivity contribution in [3.05, 3.63) is 12.4 Å². The summed E-state index contributed by atoms with van der Waals surface area (Å²) in [6, 6.07) is 0. The van der Waals surface area contributed by atoms with Crippen molar-refractivity contribution in [3.8, 4) is 0 Å². The molecule has 4 nitrogen and oxygen atoms in total. The van der Waals surface area contributed by atoms with Crippen LogP contribution in [0.1, 0.15) is 20.3 Å². The molecule has 0 atom stereocenters. The number of aromatic nitrogens is 2. The number of nitrogens with zero attached hydrogens (tertiary/aromatic N) is 2. The third-order valence-electron chi connectivity index (χ3n) is 2.19. The molecule has 0 amide bonds. The Bertz CT molecular complexity index is 317. The van der Waals surface area contributed by atoms with Crippen LogP contribution < -0.4 is 5.73 Å². The summed E-state index contributed by atoms with van der Waals surface area (Å²) < 4.78 is 5.33. The highest BCUT2D eigenvalue weighted by Crippen LogP contribution is 2.24. The summed E-state index contributed by atoms with van der Waals surface area (Å²) in [4.78, 5) is 8.14. The van der Waals surface area contributed by atoms with E-state index in [0.717, 1.165) is 17.2 Å². The van der Waals surface area contributed by atoms with Crippen molar-refractivity contribution in [1.82, 2.24) is 9.97 Å². The average Bonchev–Trinajstić information content (AvgIpc) is 2.21. The van der Waals surface area contributed by atoms with Gasteiger partial charge in [-0.3, -0.25) is 0 Å². The summed E-state index contributed by atoms with van der Waals surface area (Å²) in [5.74, 6) is 1.42. The Labute approximate surface area is 94.6 Å². The van der Waals surface area contributed by atoms with Gasteiger partial charge in [0.05, 0.1) is 5.60 Å². The van der Waals surface area contributed by atoms with Crippen LogP contribution in [0.3, 0.4) is 0 Å². The van der Waals surface area contributed by atoms with Gasteiger partial charge in [-0.2, -0.15) is 0 Å². The fourth-order valence-corrected chi connectivity index (χ4v) is 2.07. The van der Waals surface area contributed by atoms with Gasteiger partial charge in [0.2, 0.25) is 0 Å². The Morgan fingerprint density at radius 3 is 2.67 bits per heavy atom. The van der Waals surface area contributed by atoms with Crippen LogP contribution >= 0.6 is 11.8 Å². The molecule has 0 aliphatic carbocycles. The van der Waals surface area contributed by atoms with E-state index < -0.39 is 0 Å². The standard InChI is InChI=1S/C10H17N3OS/c1-10(2,14-3)4-7-15-9-8(11)12-5-6-13-9/h5-6H,4,7H2,1-3H3,(H2,11,12). The maximum absolute atomic E-state index is 5.68. The van der Waals surface area contributed by atoms with E-state index in [1.54, 1.807) is 31.3 Å². The maximum atomic E-state index is 5.68. The van der Waals surface area contributed by atoms with Gasteiger partial charge in [-0.25, -0.2) is 9.97 Å². The lowest BCUT2D eigenvalue weighted by Gasteiger charge is -2.22. The minimum atomic E-state index is -0.0933. The maximum Gasteiger partial charge on any atom is 0.156 e. The molecule has 1 rings (SSSR count). The number of rotatable bonds is 5. The number of anilines is 1. The third-order valence-corrected chi connectivity index (χ3v) is 3.18. The Morgan fingerprint density at radius 1 is 1.40 bits per heavy atom. The van der Waals surface area contributed by atoms with E-state index in [2.05, 4.69) is 23.8 Å². The zero-order chi connectivity index (χ0) is 11.3. The fourth-order valence-electron chi connectivity index (χ4n) is 0.943. The fraction of sp³-hybridized carbons (Fsp3) is 0.600. The summed E-state index contributed by atoms with van der Waals surface area (Å²) >= 11 is 1.61.